The molecule has 6 heteroatoms. The highest BCUT2D eigenvalue weighted by Crippen LogP contribution is 2.35. The smallest absolute Gasteiger partial charge is 0.220 e. The Bertz CT molecular complexity index is 1290. The predicted molar refractivity (Wildman–Crippen MR) is 133 cm³/mol. The number of amides is 2. The first-order valence-corrected chi connectivity index (χ1v) is 12.0. The number of aryl methyl sites for hydroxylation is 2. The summed E-state index contributed by atoms with van der Waals surface area (Å²) < 4.78 is 2.36. The minimum Gasteiger partial charge on any atom is -0.356 e. The molecule has 2 heterocycles. The number of hydrogen-bond donors (Lipinski definition) is 2. The highest BCUT2D eigenvalue weighted by Gasteiger charge is 2.12. The van der Waals surface area contributed by atoms with Crippen molar-refractivity contribution in [1.29, 1.82) is 0 Å². The maximum absolute atomic E-state index is 12.1. The lowest BCUT2D eigenvalue weighted by molar-refractivity contribution is -0.122. The van der Waals surface area contributed by atoms with Crippen LogP contribution in [-0.2, 0) is 22.7 Å². The van der Waals surface area contributed by atoms with Gasteiger partial charge in [-0.25, -0.2) is 0 Å². The van der Waals surface area contributed by atoms with Crippen LogP contribution < -0.4 is 10.6 Å². The molecule has 0 bridgehead atoms. The van der Waals surface area contributed by atoms with Crippen molar-refractivity contribution in [2.24, 2.45) is 0 Å². The van der Waals surface area contributed by atoms with Gasteiger partial charge in [0.1, 0.15) is 0 Å². The third kappa shape index (κ3) is 4.70. The molecule has 0 radical (unpaired) electrons. The Morgan fingerprint density at radius 3 is 2.56 bits per heavy atom. The Labute approximate surface area is 192 Å². The van der Waals surface area contributed by atoms with Gasteiger partial charge in [0.05, 0.1) is 0 Å². The summed E-state index contributed by atoms with van der Waals surface area (Å²) in [5.74, 6) is -0.0649. The van der Waals surface area contributed by atoms with E-state index in [1.165, 1.54) is 44.7 Å². The number of hydrogen-bond acceptors (Lipinski definition) is 3. The third-order valence-corrected chi connectivity index (χ3v) is 6.80. The highest BCUT2D eigenvalue weighted by molar-refractivity contribution is 7.13. The fraction of sp³-hybridized carbons (Fsp3) is 0.308. The molecule has 2 aromatic carbocycles. The Kier molecular flexibility index (Phi) is 6.61. The van der Waals surface area contributed by atoms with Gasteiger partial charge in [-0.1, -0.05) is 18.2 Å². The second kappa shape index (κ2) is 9.57. The number of benzene rings is 2. The van der Waals surface area contributed by atoms with E-state index in [4.69, 9.17) is 0 Å². The minimum atomic E-state index is -0.0671. The van der Waals surface area contributed by atoms with E-state index in [1.54, 1.807) is 11.3 Å². The zero-order valence-corrected chi connectivity index (χ0v) is 19.6. The summed E-state index contributed by atoms with van der Waals surface area (Å²) >= 11 is 1.78. The van der Waals surface area contributed by atoms with E-state index in [2.05, 4.69) is 76.9 Å². The SMILES string of the molecule is CCn1c2ccc(CNC(=O)CCCNC(C)=O)cc2c2ccc(-c3cc(C)cs3)cc21. The summed E-state index contributed by atoms with van der Waals surface area (Å²) in [7, 11) is 0. The number of thiophene rings is 1. The summed E-state index contributed by atoms with van der Waals surface area (Å²) in [6, 6.07) is 15.4. The lowest BCUT2D eigenvalue weighted by Gasteiger charge is -2.07. The predicted octanol–water partition coefficient (Wildman–Crippen LogP) is 5.38. The average Bonchev–Trinajstić information content (AvgIpc) is 3.35. The minimum absolute atomic E-state index is 0.00215. The molecule has 0 aliphatic rings. The molecule has 4 aromatic rings. The molecular weight excluding hydrogens is 418 g/mol. The molecule has 2 amide bonds. The number of carbonyl (C=O) groups excluding carboxylic acids is 2. The number of rotatable bonds is 8. The average molecular weight is 448 g/mol. The summed E-state index contributed by atoms with van der Waals surface area (Å²) in [5, 5.41) is 10.4. The van der Waals surface area contributed by atoms with Crippen molar-refractivity contribution in [2.75, 3.05) is 6.54 Å². The van der Waals surface area contributed by atoms with Gasteiger partial charge in [-0.2, -0.15) is 0 Å². The highest BCUT2D eigenvalue weighted by atomic mass is 32.1. The molecular formula is C26H29N3O2S. The van der Waals surface area contributed by atoms with Crippen molar-refractivity contribution in [2.45, 2.75) is 46.7 Å². The molecule has 166 valence electrons. The van der Waals surface area contributed by atoms with Crippen LogP contribution in [0.1, 0.15) is 37.8 Å². The van der Waals surface area contributed by atoms with E-state index >= 15 is 0 Å². The van der Waals surface area contributed by atoms with Crippen LogP contribution in [0.2, 0.25) is 0 Å². The molecule has 0 saturated carbocycles. The van der Waals surface area contributed by atoms with Crippen LogP contribution in [0.3, 0.4) is 0 Å². The van der Waals surface area contributed by atoms with Gasteiger partial charge in [0.15, 0.2) is 0 Å². The first-order valence-electron chi connectivity index (χ1n) is 11.1. The maximum Gasteiger partial charge on any atom is 0.220 e. The molecule has 0 aliphatic heterocycles. The van der Waals surface area contributed by atoms with Crippen molar-refractivity contribution in [3.05, 3.63) is 59.0 Å². The van der Waals surface area contributed by atoms with Crippen molar-refractivity contribution < 1.29 is 9.59 Å². The van der Waals surface area contributed by atoms with Crippen LogP contribution in [0.25, 0.3) is 32.2 Å². The number of nitrogens with zero attached hydrogens (tertiary/aromatic N) is 1. The van der Waals surface area contributed by atoms with E-state index < -0.39 is 0 Å². The zero-order chi connectivity index (χ0) is 22.7. The van der Waals surface area contributed by atoms with E-state index in [0.717, 1.165) is 12.1 Å². The lowest BCUT2D eigenvalue weighted by atomic mass is 10.1. The normalized spacial score (nSPS) is 11.2. The van der Waals surface area contributed by atoms with E-state index in [1.807, 2.05) is 0 Å². The molecule has 0 atom stereocenters. The molecule has 2 N–H and O–H groups in total. The van der Waals surface area contributed by atoms with E-state index in [0.29, 0.717) is 25.9 Å². The van der Waals surface area contributed by atoms with Crippen molar-refractivity contribution in [1.82, 2.24) is 15.2 Å². The van der Waals surface area contributed by atoms with Gasteiger partial charge >= 0.3 is 0 Å². The van der Waals surface area contributed by atoms with Gasteiger partial charge in [-0.3, -0.25) is 9.59 Å². The molecule has 0 spiro atoms. The largest absolute Gasteiger partial charge is 0.356 e. The summed E-state index contributed by atoms with van der Waals surface area (Å²) in [5.41, 5.74) is 6.08. The Morgan fingerprint density at radius 1 is 1.00 bits per heavy atom. The molecule has 5 nitrogen and oxygen atoms in total. The molecule has 4 rings (SSSR count). The van der Waals surface area contributed by atoms with Crippen molar-refractivity contribution >= 4 is 45.0 Å². The summed E-state index contributed by atoms with van der Waals surface area (Å²) in [6.07, 6.45) is 1.04. The molecule has 2 aromatic heterocycles. The monoisotopic (exact) mass is 447 g/mol. The molecule has 0 unspecified atom stereocenters. The Hall–Kier alpha value is -3.12. The van der Waals surface area contributed by atoms with Crippen LogP contribution in [0.4, 0.5) is 0 Å². The van der Waals surface area contributed by atoms with E-state index in [-0.39, 0.29) is 11.8 Å². The second-order valence-electron chi connectivity index (χ2n) is 8.18. The van der Waals surface area contributed by atoms with Gasteiger partial charge in [-0.05, 0) is 66.6 Å². The fourth-order valence-electron chi connectivity index (χ4n) is 4.14. The van der Waals surface area contributed by atoms with Crippen LogP contribution >= 0.6 is 11.3 Å². The Morgan fingerprint density at radius 2 is 1.84 bits per heavy atom. The summed E-state index contributed by atoms with van der Waals surface area (Å²) in [4.78, 5) is 24.3. The van der Waals surface area contributed by atoms with Gasteiger partial charge in [-0.15, -0.1) is 11.3 Å². The van der Waals surface area contributed by atoms with E-state index in [9.17, 15) is 9.59 Å². The first kappa shape index (κ1) is 22.1. The fourth-order valence-corrected chi connectivity index (χ4v) is 5.03. The molecule has 0 saturated heterocycles. The van der Waals surface area contributed by atoms with Crippen LogP contribution in [-0.4, -0.2) is 22.9 Å². The quantitative estimate of drug-likeness (QED) is 0.356. The van der Waals surface area contributed by atoms with Crippen molar-refractivity contribution in [3.8, 4) is 10.4 Å². The van der Waals surface area contributed by atoms with Gasteiger partial charge in [0.25, 0.3) is 0 Å². The number of aromatic nitrogens is 1. The second-order valence-corrected chi connectivity index (χ2v) is 9.09. The number of carbonyl (C=O) groups is 2. The Balaban J connectivity index is 1.55. The third-order valence-electron chi connectivity index (χ3n) is 5.71. The van der Waals surface area contributed by atoms with Gasteiger partial charge in [0.2, 0.25) is 11.8 Å². The molecule has 32 heavy (non-hydrogen) atoms. The number of nitrogens with one attached hydrogen (secondary N) is 2. The molecule has 0 fully saturated rings. The maximum atomic E-state index is 12.1. The lowest BCUT2D eigenvalue weighted by Crippen LogP contribution is -2.25. The van der Waals surface area contributed by atoms with Crippen molar-refractivity contribution in [3.63, 3.8) is 0 Å². The summed E-state index contributed by atoms with van der Waals surface area (Å²) in [6.45, 7) is 7.71. The topological polar surface area (TPSA) is 63.1 Å². The van der Waals surface area contributed by atoms with Crippen LogP contribution in [0, 0.1) is 6.92 Å². The zero-order valence-electron chi connectivity index (χ0n) is 18.8. The molecule has 0 aliphatic carbocycles. The van der Waals surface area contributed by atoms with Gasteiger partial charge < -0.3 is 15.2 Å². The van der Waals surface area contributed by atoms with Gasteiger partial charge in [0, 0.05) is 59.7 Å². The van der Waals surface area contributed by atoms with Crippen LogP contribution in [0.15, 0.2) is 47.8 Å². The standard InChI is InChI=1S/C26H29N3O2S/c1-4-29-23-10-7-19(15-28-26(31)6-5-11-27-18(3)30)13-22(23)21-9-8-20(14-24(21)29)25-12-17(2)16-32-25/h7-10,12-14,16H,4-6,11,15H2,1-3H3,(H,27,30)(H,28,31). The first-order chi connectivity index (χ1) is 15.5. The number of fused-ring (bicyclic) bond motifs is 3. The van der Waals surface area contributed by atoms with Crippen LogP contribution in [0.5, 0.6) is 0 Å².